The summed E-state index contributed by atoms with van der Waals surface area (Å²) in [7, 11) is 0. The van der Waals surface area contributed by atoms with E-state index >= 15 is 0 Å². The highest BCUT2D eigenvalue weighted by molar-refractivity contribution is 5.91. The summed E-state index contributed by atoms with van der Waals surface area (Å²) in [6, 6.07) is 13.2. The molecule has 0 spiro atoms. The molecule has 3 rings (SSSR count). The highest BCUT2D eigenvalue weighted by Gasteiger charge is 2.18. The first-order valence-corrected chi connectivity index (χ1v) is 11.2. The minimum Gasteiger partial charge on any atom is -0.454 e. The van der Waals surface area contributed by atoms with E-state index in [1.54, 1.807) is 12.3 Å². The summed E-state index contributed by atoms with van der Waals surface area (Å²) in [6.45, 7) is 8.20. The predicted octanol–water partition coefficient (Wildman–Crippen LogP) is 3.89. The van der Waals surface area contributed by atoms with Crippen LogP contribution in [0.5, 0.6) is 0 Å². The van der Waals surface area contributed by atoms with Crippen LogP contribution in [0.3, 0.4) is 0 Å². The first kappa shape index (κ1) is 23.3. The number of carbonyl (C=O) groups is 2. The van der Waals surface area contributed by atoms with Gasteiger partial charge in [-0.3, -0.25) is 14.6 Å². The Balaban J connectivity index is 1.58. The standard InChI is InChI=1S/C25H32N4O3/c1-4-15-29(25(31)19(2)3)17-21-9-7-16-28(21)18-22-10-11-23(32-22)24(30)27-14-12-20-8-5-6-13-26-20/h5-11,13,16,19H,4,12,14-15,17-18H2,1-3H3,(H,27,30). The molecule has 0 aliphatic carbocycles. The van der Waals surface area contributed by atoms with Gasteiger partial charge < -0.3 is 19.2 Å². The maximum absolute atomic E-state index is 12.5. The molecule has 0 bridgehead atoms. The zero-order valence-corrected chi connectivity index (χ0v) is 19.1. The molecule has 0 saturated carbocycles. The molecule has 7 heteroatoms. The average molecular weight is 437 g/mol. The SMILES string of the molecule is CCCN(Cc1cccn1Cc1ccc(C(=O)NCCc2ccccn2)o1)C(=O)C(C)C. The van der Waals surface area contributed by atoms with Crippen molar-refractivity contribution in [1.82, 2.24) is 19.8 Å². The fourth-order valence-electron chi connectivity index (χ4n) is 3.54. The average Bonchev–Trinajstić information content (AvgIpc) is 3.43. The van der Waals surface area contributed by atoms with Crippen LogP contribution in [0.1, 0.15) is 54.9 Å². The molecule has 7 nitrogen and oxygen atoms in total. The molecule has 3 heterocycles. The van der Waals surface area contributed by atoms with Crippen molar-refractivity contribution in [2.75, 3.05) is 13.1 Å². The number of carbonyl (C=O) groups excluding carboxylic acids is 2. The fraction of sp³-hybridized carbons (Fsp3) is 0.400. The Kier molecular flexibility index (Phi) is 8.25. The number of furan rings is 1. The Morgan fingerprint density at radius 2 is 2.00 bits per heavy atom. The van der Waals surface area contributed by atoms with E-state index in [1.807, 2.05) is 61.3 Å². The van der Waals surface area contributed by atoms with E-state index in [-0.39, 0.29) is 23.5 Å². The van der Waals surface area contributed by atoms with Gasteiger partial charge in [-0.25, -0.2) is 0 Å². The molecule has 0 unspecified atom stereocenters. The number of aromatic nitrogens is 2. The normalized spacial score (nSPS) is 11.0. The largest absolute Gasteiger partial charge is 0.454 e. The zero-order valence-electron chi connectivity index (χ0n) is 19.1. The number of amides is 2. The second-order valence-electron chi connectivity index (χ2n) is 8.13. The van der Waals surface area contributed by atoms with Crippen molar-refractivity contribution in [2.24, 2.45) is 5.92 Å². The Morgan fingerprint density at radius 1 is 1.16 bits per heavy atom. The Hall–Kier alpha value is -3.35. The van der Waals surface area contributed by atoms with Crippen LogP contribution in [0.25, 0.3) is 0 Å². The predicted molar refractivity (Wildman–Crippen MR) is 123 cm³/mol. The molecular weight excluding hydrogens is 404 g/mol. The molecular formula is C25H32N4O3. The van der Waals surface area contributed by atoms with Crippen molar-refractivity contribution in [1.29, 1.82) is 0 Å². The van der Waals surface area contributed by atoms with Crippen LogP contribution in [0.2, 0.25) is 0 Å². The van der Waals surface area contributed by atoms with Crippen molar-refractivity contribution in [3.05, 3.63) is 77.8 Å². The van der Waals surface area contributed by atoms with E-state index in [2.05, 4.69) is 21.8 Å². The molecule has 0 atom stereocenters. The second kappa shape index (κ2) is 11.3. The Bertz CT molecular complexity index is 1010. The van der Waals surface area contributed by atoms with Crippen LogP contribution in [0.15, 0.2) is 59.3 Å². The van der Waals surface area contributed by atoms with E-state index in [0.717, 1.165) is 24.4 Å². The van der Waals surface area contributed by atoms with Crippen LogP contribution < -0.4 is 5.32 Å². The molecule has 0 aromatic carbocycles. The molecule has 3 aromatic heterocycles. The van der Waals surface area contributed by atoms with Crippen LogP contribution >= 0.6 is 0 Å². The molecule has 0 saturated heterocycles. The van der Waals surface area contributed by atoms with Gasteiger partial charge in [0.25, 0.3) is 5.91 Å². The molecule has 0 aliphatic heterocycles. The van der Waals surface area contributed by atoms with Gasteiger partial charge in [-0.15, -0.1) is 0 Å². The van der Waals surface area contributed by atoms with Gasteiger partial charge in [-0.2, -0.15) is 0 Å². The van der Waals surface area contributed by atoms with Crippen LogP contribution in [-0.4, -0.2) is 39.4 Å². The monoisotopic (exact) mass is 436 g/mol. The number of nitrogens with zero attached hydrogens (tertiary/aromatic N) is 3. The van der Waals surface area contributed by atoms with E-state index in [1.165, 1.54) is 0 Å². The fourth-order valence-corrected chi connectivity index (χ4v) is 3.54. The number of hydrogen-bond donors (Lipinski definition) is 1. The summed E-state index contributed by atoms with van der Waals surface area (Å²) in [5, 5.41) is 2.87. The van der Waals surface area contributed by atoms with Gasteiger partial charge in [-0.1, -0.05) is 26.8 Å². The molecule has 2 amide bonds. The number of pyridine rings is 1. The lowest BCUT2D eigenvalue weighted by atomic mass is 10.2. The summed E-state index contributed by atoms with van der Waals surface area (Å²) in [5.74, 6) is 0.861. The lowest BCUT2D eigenvalue weighted by Gasteiger charge is -2.24. The minimum atomic E-state index is -0.239. The third kappa shape index (κ3) is 6.33. The van der Waals surface area contributed by atoms with Crippen molar-refractivity contribution < 1.29 is 14.0 Å². The molecule has 0 fully saturated rings. The maximum Gasteiger partial charge on any atom is 0.287 e. The van der Waals surface area contributed by atoms with Gasteiger partial charge >= 0.3 is 0 Å². The smallest absolute Gasteiger partial charge is 0.287 e. The Labute approximate surface area is 189 Å². The summed E-state index contributed by atoms with van der Waals surface area (Å²) < 4.78 is 7.84. The maximum atomic E-state index is 12.5. The quantitative estimate of drug-likeness (QED) is 0.494. The van der Waals surface area contributed by atoms with Gasteiger partial charge in [0.15, 0.2) is 5.76 Å². The Morgan fingerprint density at radius 3 is 2.72 bits per heavy atom. The molecule has 0 radical (unpaired) electrons. The third-order valence-corrected chi connectivity index (χ3v) is 5.18. The van der Waals surface area contributed by atoms with Gasteiger partial charge in [0.2, 0.25) is 5.91 Å². The number of nitrogens with one attached hydrogen (secondary N) is 1. The molecule has 32 heavy (non-hydrogen) atoms. The van der Waals surface area contributed by atoms with E-state index in [9.17, 15) is 9.59 Å². The van der Waals surface area contributed by atoms with Gasteiger partial charge in [0, 0.05) is 49.2 Å². The van der Waals surface area contributed by atoms with E-state index in [0.29, 0.717) is 31.8 Å². The highest BCUT2D eigenvalue weighted by atomic mass is 16.4. The molecule has 0 aliphatic rings. The minimum absolute atomic E-state index is 0.0335. The lowest BCUT2D eigenvalue weighted by Crippen LogP contribution is -2.35. The van der Waals surface area contributed by atoms with Crippen LogP contribution in [0, 0.1) is 5.92 Å². The first-order chi connectivity index (χ1) is 15.5. The summed E-state index contributed by atoms with van der Waals surface area (Å²) in [4.78, 5) is 31.1. The molecule has 1 N–H and O–H groups in total. The zero-order chi connectivity index (χ0) is 22.9. The van der Waals surface area contributed by atoms with Gasteiger partial charge in [0.1, 0.15) is 5.76 Å². The highest BCUT2D eigenvalue weighted by Crippen LogP contribution is 2.15. The van der Waals surface area contributed by atoms with E-state index < -0.39 is 0 Å². The van der Waals surface area contributed by atoms with Crippen molar-refractivity contribution >= 4 is 11.8 Å². The van der Waals surface area contributed by atoms with Crippen LogP contribution in [-0.2, 0) is 24.3 Å². The number of rotatable bonds is 11. The molecule has 170 valence electrons. The first-order valence-electron chi connectivity index (χ1n) is 11.2. The summed E-state index contributed by atoms with van der Waals surface area (Å²) in [5.41, 5.74) is 1.96. The van der Waals surface area contributed by atoms with Crippen molar-refractivity contribution in [3.8, 4) is 0 Å². The summed E-state index contributed by atoms with van der Waals surface area (Å²) in [6.07, 6.45) is 5.28. The summed E-state index contributed by atoms with van der Waals surface area (Å²) >= 11 is 0. The number of hydrogen-bond acceptors (Lipinski definition) is 4. The second-order valence-corrected chi connectivity index (χ2v) is 8.13. The van der Waals surface area contributed by atoms with E-state index in [4.69, 9.17) is 4.42 Å². The van der Waals surface area contributed by atoms with Crippen molar-refractivity contribution in [3.63, 3.8) is 0 Å². The van der Waals surface area contributed by atoms with Gasteiger partial charge in [0.05, 0.1) is 13.1 Å². The third-order valence-electron chi connectivity index (χ3n) is 5.18. The lowest BCUT2D eigenvalue weighted by molar-refractivity contribution is -0.135. The van der Waals surface area contributed by atoms with Crippen LogP contribution in [0.4, 0.5) is 0 Å². The van der Waals surface area contributed by atoms with Crippen molar-refractivity contribution in [2.45, 2.75) is 46.7 Å². The van der Waals surface area contributed by atoms with Gasteiger partial charge in [-0.05, 0) is 42.8 Å². The topological polar surface area (TPSA) is 80.4 Å². The molecule has 3 aromatic rings.